The van der Waals surface area contributed by atoms with Gasteiger partial charge in [0, 0.05) is 12.1 Å². The first-order chi connectivity index (χ1) is 14.9. The highest BCUT2D eigenvalue weighted by Gasteiger charge is 2.36. The van der Waals surface area contributed by atoms with Crippen LogP contribution in [-0.2, 0) is 26.0 Å². The van der Waals surface area contributed by atoms with Crippen molar-refractivity contribution in [2.45, 2.75) is 56.0 Å². The zero-order valence-electron chi connectivity index (χ0n) is 17.4. The number of esters is 1. The van der Waals surface area contributed by atoms with E-state index < -0.39 is 16.0 Å². The Morgan fingerprint density at radius 1 is 1.10 bits per heavy atom. The van der Waals surface area contributed by atoms with Crippen molar-refractivity contribution in [2.24, 2.45) is 0 Å². The largest absolute Gasteiger partial charge is 0.452 e. The van der Waals surface area contributed by atoms with Crippen molar-refractivity contribution in [3.05, 3.63) is 59.7 Å². The number of nitrogens with one attached hydrogen (secondary N) is 1. The van der Waals surface area contributed by atoms with E-state index in [1.165, 1.54) is 28.6 Å². The van der Waals surface area contributed by atoms with Gasteiger partial charge in [0.15, 0.2) is 6.61 Å². The summed E-state index contributed by atoms with van der Waals surface area (Å²) in [6.07, 6.45) is 4.70. The number of sulfonamides is 1. The molecule has 0 saturated heterocycles. The fourth-order valence-corrected chi connectivity index (χ4v) is 6.09. The lowest BCUT2D eigenvalue weighted by Gasteiger charge is -2.24. The second-order valence-electron chi connectivity index (χ2n) is 8.14. The molecule has 2 aromatic carbocycles. The van der Waals surface area contributed by atoms with Gasteiger partial charge in [0.1, 0.15) is 0 Å². The van der Waals surface area contributed by atoms with Crippen molar-refractivity contribution in [1.29, 1.82) is 0 Å². The second-order valence-corrected chi connectivity index (χ2v) is 9.95. The van der Waals surface area contributed by atoms with Gasteiger partial charge in [-0.1, -0.05) is 37.1 Å². The minimum absolute atomic E-state index is 0.0147. The normalized spacial score (nSPS) is 18.6. The SMILES string of the molecule is CC1Cc2ccccc2N1S(=O)(=O)c1cccc(C(=O)OCC(=O)NC2CCCC2)c1. The van der Waals surface area contributed by atoms with Gasteiger partial charge in [-0.15, -0.1) is 0 Å². The number of nitrogens with zero attached hydrogens (tertiary/aromatic N) is 1. The summed E-state index contributed by atoms with van der Waals surface area (Å²) in [6, 6.07) is 13.1. The number of hydrogen-bond acceptors (Lipinski definition) is 5. The van der Waals surface area contributed by atoms with Crippen molar-refractivity contribution >= 4 is 27.6 Å². The molecule has 4 rings (SSSR count). The molecule has 2 aromatic rings. The number of fused-ring (bicyclic) bond motifs is 1. The van der Waals surface area contributed by atoms with Crippen LogP contribution in [0.25, 0.3) is 0 Å². The minimum Gasteiger partial charge on any atom is -0.452 e. The van der Waals surface area contributed by atoms with E-state index in [9.17, 15) is 18.0 Å². The van der Waals surface area contributed by atoms with Gasteiger partial charge in [-0.25, -0.2) is 13.2 Å². The first-order valence-corrected chi connectivity index (χ1v) is 12.0. The van der Waals surface area contributed by atoms with Gasteiger partial charge in [0.25, 0.3) is 15.9 Å². The number of carbonyl (C=O) groups excluding carboxylic acids is 2. The third-order valence-electron chi connectivity index (χ3n) is 5.83. The second kappa shape index (κ2) is 8.70. The Kier molecular flexibility index (Phi) is 6.00. The molecule has 164 valence electrons. The lowest BCUT2D eigenvalue weighted by molar-refractivity contribution is -0.124. The summed E-state index contributed by atoms with van der Waals surface area (Å²) in [4.78, 5) is 24.5. The van der Waals surface area contributed by atoms with Crippen LogP contribution in [0.5, 0.6) is 0 Å². The molecule has 8 heteroatoms. The zero-order valence-corrected chi connectivity index (χ0v) is 18.2. The van der Waals surface area contributed by atoms with Crippen LogP contribution in [0.15, 0.2) is 53.4 Å². The van der Waals surface area contributed by atoms with E-state index in [1.807, 2.05) is 25.1 Å². The quantitative estimate of drug-likeness (QED) is 0.694. The average molecular weight is 443 g/mol. The summed E-state index contributed by atoms with van der Waals surface area (Å²) in [6.45, 7) is 1.47. The molecular formula is C23H26N2O5S. The molecule has 0 aromatic heterocycles. The van der Waals surface area contributed by atoms with E-state index in [0.717, 1.165) is 31.2 Å². The van der Waals surface area contributed by atoms with Crippen molar-refractivity contribution in [1.82, 2.24) is 5.32 Å². The number of amides is 1. The molecule has 1 saturated carbocycles. The molecule has 1 aliphatic carbocycles. The number of carbonyl (C=O) groups is 2. The lowest BCUT2D eigenvalue weighted by atomic mass is 10.1. The van der Waals surface area contributed by atoms with E-state index in [1.54, 1.807) is 6.07 Å². The molecule has 1 fully saturated rings. The highest BCUT2D eigenvalue weighted by molar-refractivity contribution is 7.92. The highest BCUT2D eigenvalue weighted by atomic mass is 32.2. The number of para-hydroxylation sites is 1. The Labute approximate surface area is 182 Å². The Morgan fingerprint density at radius 2 is 1.84 bits per heavy atom. The summed E-state index contributed by atoms with van der Waals surface area (Å²) >= 11 is 0. The molecule has 1 atom stereocenters. The van der Waals surface area contributed by atoms with Crippen LogP contribution in [0, 0.1) is 0 Å². The Bertz CT molecular complexity index is 1090. The van der Waals surface area contributed by atoms with Crippen LogP contribution in [0.4, 0.5) is 5.69 Å². The zero-order chi connectivity index (χ0) is 22.0. The molecule has 7 nitrogen and oxygen atoms in total. The van der Waals surface area contributed by atoms with E-state index >= 15 is 0 Å². The molecule has 1 aliphatic heterocycles. The maximum Gasteiger partial charge on any atom is 0.338 e. The molecule has 2 aliphatic rings. The third kappa shape index (κ3) is 4.44. The van der Waals surface area contributed by atoms with E-state index in [2.05, 4.69) is 5.32 Å². The fourth-order valence-electron chi connectivity index (χ4n) is 4.35. The van der Waals surface area contributed by atoms with Gasteiger partial charge in [-0.2, -0.15) is 0 Å². The van der Waals surface area contributed by atoms with Gasteiger partial charge >= 0.3 is 5.97 Å². The number of hydrogen-bond donors (Lipinski definition) is 1. The molecule has 31 heavy (non-hydrogen) atoms. The summed E-state index contributed by atoms with van der Waals surface area (Å²) in [5, 5.41) is 2.85. The summed E-state index contributed by atoms with van der Waals surface area (Å²) in [5.74, 6) is -1.07. The summed E-state index contributed by atoms with van der Waals surface area (Å²) in [5.41, 5.74) is 1.73. The van der Waals surface area contributed by atoms with Crippen LogP contribution < -0.4 is 9.62 Å². The first-order valence-electron chi connectivity index (χ1n) is 10.5. The van der Waals surface area contributed by atoms with E-state index in [4.69, 9.17) is 4.74 Å². The Morgan fingerprint density at radius 3 is 2.61 bits per heavy atom. The predicted octanol–water partition coefficient (Wildman–Crippen LogP) is 3.04. The van der Waals surface area contributed by atoms with Crippen molar-refractivity contribution in [3.63, 3.8) is 0 Å². The molecule has 1 amide bonds. The number of anilines is 1. The Balaban J connectivity index is 1.47. The fraction of sp³-hybridized carbons (Fsp3) is 0.391. The van der Waals surface area contributed by atoms with E-state index in [-0.39, 0.29) is 35.1 Å². The highest BCUT2D eigenvalue weighted by Crippen LogP contribution is 2.36. The van der Waals surface area contributed by atoms with Gasteiger partial charge < -0.3 is 10.1 Å². The van der Waals surface area contributed by atoms with Crippen LogP contribution in [0.3, 0.4) is 0 Å². The Hall–Kier alpha value is -2.87. The monoisotopic (exact) mass is 442 g/mol. The maximum absolute atomic E-state index is 13.4. The lowest BCUT2D eigenvalue weighted by Crippen LogP contribution is -2.36. The molecule has 0 bridgehead atoms. The predicted molar refractivity (Wildman–Crippen MR) is 116 cm³/mol. The number of rotatable bonds is 6. The van der Waals surface area contributed by atoms with Crippen molar-refractivity contribution in [2.75, 3.05) is 10.9 Å². The van der Waals surface area contributed by atoms with Gasteiger partial charge in [-0.05, 0) is 56.0 Å². The molecule has 1 heterocycles. The van der Waals surface area contributed by atoms with Crippen molar-refractivity contribution in [3.8, 4) is 0 Å². The number of benzene rings is 2. The standard InChI is InChI=1S/C23H26N2O5S/c1-16-13-17-7-2-5-12-21(17)25(16)31(28,29)20-11-6-8-18(14-20)23(27)30-15-22(26)24-19-9-3-4-10-19/h2,5-8,11-12,14,16,19H,3-4,9-10,13,15H2,1H3,(H,24,26). The molecule has 0 radical (unpaired) electrons. The average Bonchev–Trinajstić information content (AvgIpc) is 3.38. The van der Waals surface area contributed by atoms with Gasteiger partial charge in [0.2, 0.25) is 0 Å². The maximum atomic E-state index is 13.4. The molecular weight excluding hydrogens is 416 g/mol. The van der Waals surface area contributed by atoms with Crippen LogP contribution >= 0.6 is 0 Å². The smallest absolute Gasteiger partial charge is 0.338 e. The molecule has 1 unspecified atom stereocenters. The van der Waals surface area contributed by atoms with Crippen LogP contribution in [0.2, 0.25) is 0 Å². The summed E-state index contributed by atoms with van der Waals surface area (Å²) < 4.78 is 33.2. The molecule has 1 N–H and O–H groups in total. The topological polar surface area (TPSA) is 92.8 Å². The van der Waals surface area contributed by atoms with Crippen molar-refractivity contribution < 1.29 is 22.7 Å². The first kappa shape index (κ1) is 21.4. The minimum atomic E-state index is -3.86. The van der Waals surface area contributed by atoms with Crippen LogP contribution in [-0.4, -0.2) is 39.0 Å². The van der Waals surface area contributed by atoms with Crippen LogP contribution in [0.1, 0.15) is 48.5 Å². The van der Waals surface area contributed by atoms with Gasteiger partial charge in [-0.3, -0.25) is 9.10 Å². The third-order valence-corrected chi connectivity index (χ3v) is 7.75. The number of ether oxygens (including phenoxy) is 1. The van der Waals surface area contributed by atoms with E-state index in [0.29, 0.717) is 12.1 Å². The van der Waals surface area contributed by atoms with Gasteiger partial charge in [0.05, 0.1) is 16.1 Å². The molecule has 0 spiro atoms. The summed E-state index contributed by atoms with van der Waals surface area (Å²) in [7, 11) is -3.86.